The van der Waals surface area contributed by atoms with Crippen LogP contribution in [0.2, 0.25) is 0 Å². The van der Waals surface area contributed by atoms with Crippen molar-refractivity contribution in [3.05, 3.63) is 66.5 Å². The number of imidazole rings is 1. The number of aliphatic hydroxyl groups excluding tert-OH is 3. The second-order valence-corrected chi connectivity index (χ2v) is 8.11. The molecule has 1 aliphatic heterocycles. The third-order valence-corrected chi connectivity index (χ3v) is 5.90. The Kier molecular flexibility index (Phi) is 6.12. The van der Waals surface area contributed by atoms with Crippen LogP contribution in [0.1, 0.15) is 11.8 Å². The van der Waals surface area contributed by atoms with Crippen molar-refractivity contribution in [3.8, 4) is 17.1 Å². The molecule has 5 N–H and O–H groups in total. The van der Waals surface area contributed by atoms with Gasteiger partial charge in [-0.2, -0.15) is 9.97 Å². The molecule has 4 aromatic rings. The molecule has 0 bridgehead atoms. The topological polar surface area (TPSA) is 149 Å². The molecule has 10 heteroatoms. The van der Waals surface area contributed by atoms with E-state index in [0.717, 1.165) is 16.7 Å². The zero-order valence-electron chi connectivity index (χ0n) is 18.2. The number of nitrogens with two attached hydrogens (primary N) is 1. The molecule has 0 aliphatic carbocycles. The summed E-state index contributed by atoms with van der Waals surface area (Å²) in [5.74, 6) is 0.123. The largest absolute Gasteiger partial charge is 0.463 e. The highest BCUT2D eigenvalue weighted by Gasteiger charge is 2.44. The predicted molar refractivity (Wildman–Crippen MR) is 124 cm³/mol. The first kappa shape index (κ1) is 22.2. The van der Waals surface area contributed by atoms with E-state index >= 15 is 0 Å². The molecule has 1 saturated heterocycles. The normalized spacial score (nSPS) is 22.3. The summed E-state index contributed by atoms with van der Waals surface area (Å²) in [4.78, 5) is 12.8. The number of benzene rings is 2. The number of ether oxygens (including phenoxy) is 2. The minimum absolute atomic E-state index is 0.0689. The molecule has 176 valence electrons. The van der Waals surface area contributed by atoms with Crippen molar-refractivity contribution in [1.82, 2.24) is 19.5 Å². The van der Waals surface area contributed by atoms with Crippen molar-refractivity contribution >= 4 is 17.0 Å². The molecule has 2 aromatic carbocycles. The van der Waals surface area contributed by atoms with Gasteiger partial charge in [-0.1, -0.05) is 54.6 Å². The SMILES string of the molecule is Nc1nc(OCCc2ccc(-c3ccccc3)cc2)nc2c1ncn2[C@@H]1O[C@H](CO)C(O)C1O. The third kappa shape index (κ3) is 4.19. The van der Waals surface area contributed by atoms with Crippen LogP contribution >= 0.6 is 0 Å². The number of aliphatic hydroxyl groups is 3. The minimum atomic E-state index is -1.27. The predicted octanol–water partition coefficient (Wildman–Crippen LogP) is 1.31. The summed E-state index contributed by atoms with van der Waals surface area (Å²) in [7, 11) is 0. The monoisotopic (exact) mass is 463 g/mol. The molecule has 2 aromatic heterocycles. The average molecular weight is 463 g/mol. The van der Waals surface area contributed by atoms with Gasteiger partial charge in [0, 0.05) is 6.42 Å². The van der Waals surface area contributed by atoms with Crippen LogP contribution in [-0.4, -0.2) is 66.4 Å². The van der Waals surface area contributed by atoms with Gasteiger partial charge in [0.1, 0.15) is 18.3 Å². The van der Waals surface area contributed by atoms with Gasteiger partial charge in [0.2, 0.25) is 0 Å². The number of hydrogen-bond donors (Lipinski definition) is 4. The highest BCUT2D eigenvalue weighted by Crippen LogP contribution is 2.32. The van der Waals surface area contributed by atoms with E-state index in [1.807, 2.05) is 18.2 Å². The molecule has 10 nitrogen and oxygen atoms in total. The Morgan fingerprint density at radius 2 is 1.71 bits per heavy atom. The van der Waals surface area contributed by atoms with E-state index in [9.17, 15) is 15.3 Å². The number of aromatic nitrogens is 4. The van der Waals surface area contributed by atoms with Gasteiger partial charge in [-0.15, -0.1) is 0 Å². The van der Waals surface area contributed by atoms with Crippen molar-refractivity contribution in [2.45, 2.75) is 31.0 Å². The van der Waals surface area contributed by atoms with Gasteiger partial charge in [-0.05, 0) is 16.7 Å². The molecule has 1 fully saturated rings. The van der Waals surface area contributed by atoms with Crippen LogP contribution in [0.25, 0.3) is 22.3 Å². The Labute approximate surface area is 195 Å². The fourth-order valence-electron chi connectivity index (χ4n) is 4.03. The van der Waals surface area contributed by atoms with Gasteiger partial charge in [0.25, 0.3) is 0 Å². The van der Waals surface area contributed by atoms with Gasteiger partial charge >= 0.3 is 6.01 Å². The quantitative estimate of drug-likeness (QED) is 0.318. The molecule has 5 rings (SSSR count). The fraction of sp³-hybridized carbons (Fsp3) is 0.292. The summed E-state index contributed by atoms with van der Waals surface area (Å²) < 4.78 is 12.8. The van der Waals surface area contributed by atoms with Gasteiger partial charge in [-0.25, -0.2) is 4.98 Å². The standard InChI is InChI=1S/C24H25N5O5/c25-21-18-22(29(13-26-18)23-20(32)19(31)17(12-30)34-23)28-24(27-21)33-11-10-14-6-8-16(9-7-14)15-4-2-1-3-5-15/h1-9,13,17,19-20,23,30-32H,10-12H2,(H2,25,27,28)/t17-,19?,20?,23-/m1/s1. The third-order valence-electron chi connectivity index (χ3n) is 5.90. The summed E-state index contributed by atoms with van der Waals surface area (Å²) in [5.41, 5.74) is 10.1. The van der Waals surface area contributed by atoms with E-state index in [-0.39, 0.29) is 11.8 Å². The lowest BCUT2D eigenvalue weighted by atomic mass is 10.0. The highest BCUT2D eigenvalue weighted by atomic mass is 16.6. The first-order valence-electron chi connectivity index (χ1n) is 10.9. The molecule has 3 heterocycles. The smallest absolute Gasteiger partial charge is 0.320 e. The Balaban J connectivity index is 1.29. The zero-order chi connectivity index (χ0) is 23.7. The first-order valence-corrected chi connectivity index (χ1v) is 10.9. The van der Waals surface area contributed by atoms with E-state index < -0.39 is 31.1 Å². The van der Waals surface area contributed by atoms with Crippen LogP contribution in [0.4, 0.5) is 5.82 Å². The van der Waals surface area contributed by atoms with Gasteiger partial charge in [-0.3, -0.25) is 4.57 Å². The van der Waals surface area contributed by atoms with Crippen LogP contribution in [0.15, 0.2) is 60.9 Å². The second kappa shape index (κ2) is 9.35. The number of anilines is 1. The van der Waals surface area contributed by atoms with Crippen LogP contribution in [0.5, 0.6) is 6.01 Å². The number of hydrogen-bond acceptors (Lipinski definition) is 9. The van der Waals surface area contributed by atoms with Gasteiger partial charge in [0.05, 0.1) is 19.5 Å². The van der Waals surface area contributed by atoms with E-state index in [2.05, 4.69) is 51.4 Å². The lowest BCUT2D eigenvalue weighted by Crippen LogP contribution is -2.33. The first-order chi connectivity index (χ1) is 16.5. The lowest BCUT2D eigenvalue weighted by Gasteiger charge is -2.16. The van der Waals surface area contributed by atoms with Crippen molar-refractivity contribution in [2.75, 3.05) is 18.9 Å². The summed E-state index contributed by atoms with van der Waals surface area (Å²) >= 11 is 0. The van der Waals surface area contributed by atoms with E-state index in [0.29, 0.717) is 24.2 Å². The molecular formula is C24H25N5O5. The van der Waals surface area contributed by atoms with E-state index in [1.54, 1.807) is 0 Å². The molecule has 34 heavy (non-hydrogen) atoms. The van der Waals surface area contributed by atoms with Gasteiger partial charge in [0.15, 0.2) is 23.2 Å². The Bertz CT molecular complexity index is 1260. The molecular weight excluding hydrogens is 438 g/mol. The van der Waals surface area contributed by atoms with Crippen molar-refractivity contribution < 1.29 is 24.8 Å². The van der Waals surface area contributed by atoms with Crippen molar-refractivity contribution in [3.63, 3.8) is 0 Å². The van der Waals surface area contributed by atoms with Crippen LogP contribution in [-0.2, 0) is 11.2 Å². The average Bonchev–Trinajstić information content (AvgIpc) is 3.41. The molecule has 0 spiro atoms. The summed E-state index contributed by atoms with van der Waals surface area (Å²) in [5, 5.41) is 29.8. The Hall–Kier alpha value is -3.57. The Morgan fingerprint density at radius 3 is 2.41 bits per heavy atom. The maximum atomic E-state index is 10.3. The summed E-state index contributed by atoms with van der Waals surface area (Å²) in [6.07, 6.45) is -2.37. The fourth-order valence-corrected chi connectivity index (χ4v) is 4.03. The molecule has 4 atom stereocenters. The van der Waals surface area contributed by atoms with Crippen molar-refractivity contribution in [2.24, 2.45) is 0 Å². The van der Waals surface area contributed by atoms with Crippen LogP contribution < -0.4 is 10.5 Å². The maximum absolute atomic E-state index is 10.3. The van der Waals surface area contributed by atoms with Crippen molar-refractivity contribution in [1.29, 1.82) is 0 Å². The van der Waals surface area contributed by atoms with Gasteiger partial charge < -0.3 is 30.5 Å². The molecule has 0 radical (unpaired) electrons. The van der Waals surface area contributed by atoms with Crippen LogP contribution in [0.3, 0.4) is 0 Å². The molecule has 1 aliphatic rings. The maximum Gasteiger partial charge on any atom is 0.320 e. The lowest BCUT2D eigenvalue weighted by molar-refractivity contribution is -0.0511. The molecule has 0 amide bonds. The zero-order valence-corrected chi connectivity index (χ0v) is 18.2. The number of fused-ring (bicyclic) bond motifs is 1. The Morgan fingerprint density at radius 1 is 0.971 bits per heavy atom. The molecule has 0 saturated carbocycles. The van der Waals surface area contributed by atoms with E-state index in [1.165, 1.54) is 10.9 Å². The summed E-state index contributed by atoms with van der Waals surface area (Å²) in [6, 6.07) is 18.5. The number of nitrogen functional groups attached to an aromatic ring is 1. The number of nitrogens with zero attached hydrogens (tertiary/aromatic N) is 4. The minimum Gasteiger partial charge on any atom is -0.463 e. The second-order valence-electron chi connectivity index (χ2n) is 8.11. The number of rotatable bonds is 7. The van der Waals surface area contributed by atoms with Crippen LogP contribution in [0, 0.1) is 0 Å². The molecule has 2 unspecified atom stereocenters. The summed E-state index contributed by atoms with van der Waals surface area (Å²) in [6.45, 7) is -0.100. The highest BCUT2D eigenvalue weighted by molar-refractivity contribution is 5.82. The van der Waals surface area contributed by atoms with E-state index in [4.69, 9.17) is 15.2 Å².